The van der Waals surface area contributed by atoms with Crippen LogP contribution >= 0.6 is 0 Å². The molecule has 2 aliphatic rings. The molecule has 2 aliphatic heterocycles. The predicted octanol–water partition coefficient (Wildman–Crippen LogP) is 5.51. The first-order valence-electron chi connectivity index (χ1n) is 16.2. The molecule has 2 amide bonds. The van der Waals surface area contributed by atoms with Crippen molar-refractivity contribution < 1.29 is 9.59 Å². The molecule has 3 heterocycles. The monoisotopic (exact) mass is 618 g/mol. The average Bonchev–Trinajstić information content (AvgIpc) is 3.58. The highest BCUT2D eigenvalue weighted by Gasteiger charge is 2.55. The Morgan fingerprint density at radius 1 is 1.02 bits per heavy atom. The van der Waals surface area contributed by atoms with Crippen molar-refractivity contribution in [3.63, 3.8) is 0 Å². The molecule has 2 atom stereocenters. The van der Waals surface area contributed by atoms with E-state index in [1.165, 1.54) is 0 Å². The van der Waals surface area contributed by atoms with E-state index < -0.39 is 5.66 Å². The molecule has 6 rings (SSSR count). The molecule has 10 heteroatoms. The normalized spacial score (nSPS) is 17.7. The van der Waals surface area contributed by atoms with E-state index in [0.29, 0.717) is 42.3 Å². The zero-order valence-corrected chi connectivity index (χ0v) is 27.5. The van der Waals surface area contributed by atoms with Gasteiger partial charge >= 0.3 is 0 Å². The molecule has 0 saturated carbocycles. The molecule has 2 unspecified atom stereocenters. The molecular formula is C36H42N8O2. The Hall–Kier alpha value is -4.83. The molecule has 46 heavy (non-hydrogen) atoms. The highest BCUT2D eigenvalue weighted by molar-refractivity contribution is 6.14. The third-order valence-corrected chi connectivity index (χ3v) is 9.17. The van der Waals surface area contributed by atoms with E-state index in [9.17, 15) is 9.59 Å². The van der Waals surface area contributed by atoms with Crippen LogP contribution in [0.3, 0.4) is 0 Å². The summed E-state index contributed by atoms with van der Waals surface area (Å²) in [6.45, 7) is 14.8. The van der Waals surface area contributed by atoms with Crippen molar-refractivity contribution in [3.05, 3.63) is 106 Å². The van der Waals surface area contributed by atoms with Crippen LogP contribution in [0.15, 0.2) is 71.8 Å². The number of nitrogens with one attached hydrogen (secondary N) is 2. The van der Waals surface area contributed by atoms with Gasteiger partial charge in [0.2, 0.25) is 5.66 Å². The summed E-state index contributed by atoms with van der Waals surface area (Å²) in [5.74, 6) is 0.610. The fourth-order valence-corrected chi connectivity index (χ4v) is 6.56. The van der Waals surface area contributed by atoms with Gasteiger partial charge in [0.25, 0.3) is 11.8 Å². The predicted molar refractivity (Wildman–Crippen MR) is 182 cm³/mol. The summed E-state index contributed by atoms with van der Waals surface area (Å²) in [6, 6.07) is 21.5. The minimum Gasteiger partial charge on any atom is -0.372 e. The number of amides is 2. The number of rotatable bonds is 9. The van der Waals surface area contributed by atoms with E-state index in [-0.39, 0.29) is 17.7 Å². The maximum absolute atomic E-state index is 14.7. The van der Waals surface area contributed by atoms with Crippen LogP contribution in [0.1, 0.15) is 89.1 Å². The van der Waals surface area contributed by atoms with Gasteiger partial charge in [-0.2, -0.15) is 5.10 Å². The first kappa shape index (κ1) is 31.2. The Labute approximate surface area is 270 Å². The first-order valence-corrected chi connectivity index (χ1v) is 16.2. The standard InChI is InChI=1S/C36H42N8O2/c1-7-31-36(35-39-32(41-44(35)40-31)25(6)21-37-33(45)28-16-12-10-14-23(28)4)38-22-26-15-11-13-17-29(26)34(46)43(36)30-19-18-27(20-24(30)5)42(8-2)9-3/h10-20,25,38H,7-9,21-22H2,1-6H3,(H,37,45). The highest BCUT2D eigenvalue weighted by Crippen LogP contribution is 2.42. The van der Waals surface area contributed by atoms with Crippen molar-refractivity contribution in [1.82, 2.24) is 25.5 Å². The molecule has 1 aromatic heterocycles. The lowest BCUT2D eigenvalue weighted by atomic mass is 9.96. The number of hydrogen-bond acceptors (Lipinski definition) is 7. The summed E-state index contributed by atoms with van der Waals surface area (Å²) in [7, 11) is 0. The summed E-state index contributed by atoms with van der Waals surface area (Å²) in [6.07, 6.45) is 0.576. The molecule has 0 fully saturated rings. The maximum atomic E-state index is 14.7. The molecule has 4 aromatic rings. The molecule has 2 N–H and O–H groups in total. The van der Waals surface area contributed by atoms with Crippen LogP contribution in [0.4, 0.5) is 11.4 Å². The molecule has 0 aliphatic carbocycles. The van der Waals surface area contributed by atoms with Crippen molar-refractivity contribution in [3.8, 4) is 0 Å². The zero-order chi connectivity index (χ0) is 32.6. The van der Waals surface area contributed by atoms with Crippen molar-refractivity contribution in [2.24, 2.45) is 5.10 Å². The van der Waals surface area contributed by atoms with Gasteiger partial charge in [0.05, 0.1) is 5.71 Å². The SMILES string of the molecule is CCC1=Nn2nc(C(C)CNC(=O)c3ccccc3C)nc2C12NCc1ccccc1C(=O)N2c1ccc(N(CC)CC)cc1C. The second kappa shape index (κ2) is 12.5. The van der Waals surface area contributed by atoms with Crippen molar-refractivity contribution in [1.29, 1.82) is 0 Å². The summed E-state index contributed by atoms with van der Waals surface area (Å²) in [5, 5.41) is 16.5. The number of anilines is 2. The number of nitrogens with zero attached hydrogens (tertiary/aromatic N) is 6. The van der Waals surface area contributed by atoms with Gasteiger partial charge in [-0.3, -0.25) is 19.8 Å². The number of fused-ring (bicyclic) bond motifs is 3. The molecule has 1 spiro atoms. The molecular weight excluding hydrogens is 576 g/mol. The largest absolute Gasteiger partial charge is 0.372 e. The molecule has 0 saturated heterocycles. The summed E-state index contributed by atoms with van der Waals surface area (Å²) < 4.78 is 0. The van der Waals surface area contributed by atoms with Crippen LogP contribution in [0.25, 0.3) is 0 Å². The van der Waals surface area contributed by atoms with E-state index in [4.69, 9.17) is 15.2 Å². The summed E-state index contributed by atoms with van der Waals surface area (Å²) in [5.41, 5.74) is 5.56. The fourth-order valence-electron chi connectivity index (χ4n) is 6.56. The third kappa shape index (κ3) is 5.16. The Kier molecular flexibility index (Phi) is 8.48. The Morgan fingerprint density at radius 3 is 2.48 bits per heavy atom. The second-order valence-corrected chi connectivity index (χ2v) is 12.0. The molecule has 0 bridgehead atoms. The van der Waals surface area contributed by atoms with Crippen LogP contribution < -0.4 is 20.4 Å². The zero-order valence-electron chi connectivity index (χ0n) is 27.5. The lowest BCUT2D eigenvalue weighted by molar-refractivity contribution is 0.0946. The highest BCUT2D eigenvalue weighted by atomic mass is 16.2. The van der Waals surface area contributed by atoms with Crippen molar-refractivity contribution in [2.45, 2.75) is 66.1 Å². The number of hydrogen-bond donors (Lipinski definition) is 2. The Morgan fingerprint density at radius 2 is 1.76 bits per heavy atom. The fraction of sp³-hybridized carbons (Fsp3) is 0.361. The molecule has 0 radical (unpaired) electrons. The Balaban J connectivity index is 1.42. The molecule has 3 aromatic carbocycles. The second-order valence-electron chi connectivity index (χ2n) is 12.0. The van der Waals surface area contributed by atoms with Crippen LogP contribution in [0, 0.1) is 13.8 Å². The minimum absolute atomic E-state index is 0.128. The topological polar surface area (TPSA) is 108 Å². The van der Waals surface area contributed by atoms with Crippen LogP contribution in [-0.4, -0.2) is 52.0 Å². The number of benzene rings is 3. The van der Waals surface area contributed by atoms with Gasteiger partial charge in [-0.25, -0.2) is 4.98 Å². The van der Waals surface area contributed by atoms with Gasteiger partial charge in [-0.05, 0) is 81.1 Å². The van der Waals surface area contributed by atoms with Gasteiger partial charge < -0.3 is 10.2 Å². The molecule has 10 nitrogen and oxygen atoms in total. The van der Waals surface area contributed by atoms with Crippen molar-refractivity contribution >= 4 is 28.9 Å². The quantitative estimate of drug-likeness (QED) is 0.256. The lowest BCUT2D eigenvalue weighted by Gasteiger charge is -2.40. The first-order chi connectivity index (χ1) is 22.2. The summed E-state index contributed by atoms with van der Waals surface area (Å²) >= 11 is 0. The van der Waals surface area contributed by atoms with Gasteiger partial charge in [0.1, 0.15) is 0 Å². The van der Waals surface area contributed by atoms with E-state index in [2.05, 4.69) is 41.5 Å². The third-order valence-electron chi connectivity index (χ3n) is 9.17. The van der Waals surface area contributed by atoms with Crippen LogP contribution in [-0.2, 0) is 12.2 Å². The summed E-state index contributed by atoms with van der Waals surface area (Å²) in [4.78, 5) is 38.5. The number of carbonyl (C=O) groups is 2. The van der Waals surface area contributed by atoms with E-state index >= 15 is 0 Å². The molecule has 238 valence electrons. The van der Waals surface area contributed by atoms with Crippen molar-refractivity contribution in [2.75, 3.05) is 29.4 Å². The maximum Gasteiger partial charge on any atom is 0.260 e. The van der Waals surface area contributed by atoms with Crippen LogP contribution in [0.2, 0.25) is 0 Å². The van der Waals surface area contributed by atoms with E-state index in [1.807, 2.05) is 87.2 Å². The van der Waals surface area contributed by atoms with E-state index in [0.717, 1.165) is 46.9 Å². The minimum atomic E-state index is -1.16. The number of carbonyl (C=O) groups excluding carboxylic acids is 2. The smallest absolute Gasteiger partial charge is 0.260 e. The Bertz CT molecular complexity index is 1820. The number of aryl methyl sites for hydroxylation is 2. The number of aromatic nitrogens is 3. The van der Waals surface area contributed by atoms with Crippen LogP contribution in [0.5, 0.6) is 0 Å². The van der Waals surface area contributed by atoms with Gasteiger partial charge in [-0.1, -0.05) is 50.2 Å². The average molecular weight is 619 g/mol. The van der Waals surface area contributed by atoms with Gasteiger partial charge in [0.15, 0.2) is 11.6 Å². The van der Waals surface area contributed by atoms with E-state index in [1.54, 1.807) is 4.79 Å². The van der Waals surface area contributed by atoms with Gasteiger partial charge in [0, 0.05) is 54.6 Å². The van der Waals surface area contributed by atoms with Gasteiger partial charge in [-0.15, -0.1) is 9.89 Å². The lowest BCUT2D eigenvalue weighted by Crippen LogP contribution is -2.61.